The molecule has 0 radical (unpaired) electrons. The van der Waals surface area contributed by atoms with E-state index < -0.39 is 6.10 Å². The van der Waals surface area contributed by atoms with E-state index >= 15 is 0 Å². The van der Waals surface area contributed by atoms with Crippen molar-refractivity contribution in [1.82, 2.24) is 14.3 Å². The van der Waals surface area contributed by atoms with Crippen LogP contribution < -0.4 is 5.56 Å². The number of β-amino-alcohol motifs (C(OH)–C–C–N with tert-alkyl or cyclic N) is 1. The van der Waals surface area contributed by atoms with Gasteiger partial charge in [0.1, 0.15) is 5.56 Å². The van der Waals surface area contributed by atoms with Crippen LogP contribution in [0.15, 0.2) is 22.6 Å². The number of fused-ring (bicyclic) bond motifs is 1. The van der Waals surface area contributed by atoms with E-state index in [1.165, 1.54) is 26.8 Å². The molecule has 0 aromatic carbocycles. The smallest absolute Gasteiger partial charge is 0.271 e. The summed E-state index contributed by atoms with van der Waals surface area (Å²) in [7, 11) is 0. The van der Waals surface area contributed by atoms with E-state index in [9.17, 15) is 14.7 Å². The normalized spacial score (nSPS) is 19.8. The van der Waals surface area contributed by atoms with Crippen molar-refractivity contribution >= 4 is 22.2 Å². The molecule has 3 rings (SSSR count). The number of thiazole rings is 1. The molecule has 1 atom stereocenters. The van der Waals surface area contributed by atoms with Gasteiger partial charge in [-0.1, -0.05) is 0 Å². The Morgan fingerprint density at radius 2 is 2.37 bits per heavy atom. The lowest BCUT2D eigenvalue weighted by atomic mass is 10.1. The van der Waals surface area contributed by atoms with E-state index in [0.717, 1.165) is 6.42 Å². The van der Waals surface area contributed by atoms with E-state index in [4.69, 9.17) is 0 Å². The number of hydrogen-bond donors (Lipinski definition) is 1. The van der Waals surface area contributed by atoms with E-state index in [2.05, 4.69) is 4.98 Å². The summed E-state index contributed by atoms with van der Waals surface area (Å²) in [4.78, 5) is 30.7. The van der Waals surface area contributed by atoms with Crippen molar-refractivity contribution in [2.24, 2.45) is 0 Å². The molecule has 1 fully saturated rings. The maximum Gasteiger partial charge on any atom is 0.271 e. The molecule has 0 bridgehead atoms. The van der Waals surface area contributed by atoms with Crippen LogP contribution >= 0.6 is 11.3 Å². The quantitative estimate of drug-likeness (QED) is 0.817. The molecule has 1 N–H and O–H groups in total. The van der Waals surface area contributed by atoms with Crippen LogP contribution in [0.2, 0.25) is 0 Å². The first-order valence-corrected chi connectivity index (χ1v) is 6.97. The molecular formula is C12H13N3O3S. The standard InChI is InChI=1S/C12H13N3O3S/c16-8-2-1-3-14(7-8)10(17)9-6-13-12-15(11(9)18)4-5-19-12/h4-6,8,16H,1-3,7H2. The van der Waals surface area contributed by atoms with E-state index in [-0.39, 0.29) is 23.6 Å². The summed E-state index contributed by atoms with van der Waals surface area (Å²) in [5.74, 6) is -0.350. The predicted octanol–water partition coefficient (Wildman–Crippen LogP) is 0.353. The monoisotopic (exact) mass is 279 g/mol. The number of aliphatic hydroxyl groups excluding tert-OH is 1. The Kier molecular flexibility index (Phi) is 3.08. The van der Waals surface area contributed by atoms with Crippen LogP contribution in [0.3, 0.4) is 0 Å². The molecule has 2 aromatic rings. The number of hydrogen-bond acceptors (Lipinski definition) is 5. The minimum absolute atomic E-state index is 0.0602. The van der Waals surface area contributed by atoms with Gasteiger partial charge in [-0.2, -0.15) is 0 Å². The van der Waals surface area contributed by atoms with Gasteiger partial charge in [-0.15, -0.1) is 11.3 Å². The third-order valence-corrected chi connectivity index (χ3v) is 4.03. The summed E-state index contributed by atoms with van der Waals surface area (Å²) < 4.78 is 1.37. The number of piperidine rings is 1. The van der Waals surface area contributed by atoms with Crippen molar-refractivity contribution < 1.29 is 9.90 Å². The van der Waals surface area contributed by atoms with Gasteiger partial charge in [0.2, 0.25) is 0 Å². The minimum atomic E-state index is -0.502. The largest absolute Gasteiger partial charge is 0.391 e. The molecular weight excluding hydrogens is 266 g/mol. The van der Waals surface area contributed by atoms with Gasteiger partial charge in [0.25, 0.3) is 11.5 Å². The lowest BCUT2D eigenvalue weighted by Gasteiger charge is -2.29. The van der Waals surface area contributed by atoms with Gasteiger partial charge in [-0.3, -0.25) is 14.0 Å². The summed E-state index contributed by atoms with van der Waals surface area (Å²) in [6.45, 7) is 0.853. The summed E-state index contributed by atoms with van der Waals surface area (Å²) in [5.41, 5.74) is -0.290. The Bertz CT molecular complexity index is 678. The molecule has 6 nitrogen and oxygen atoms in total. The molecule has 1 unspecified atom stereocenters. The molecule has 3 heterocycles. The molecule has 1 saturated heterocycles. The van der Waals surface area contributed by atoms with Crippen molar-refractivity contribution in [2.45, 2.75) is 18.9 Å². The van der Waals surface area contributed by atoms with Crippen molar-refractivity contribution in [1.29, 1.82) is 0 Å². The SMILES string of the molecule is O=C(c1cnc2sccn2c1=O)N1CCCC(O)C1. The Morgan fingerprint density at radius 3 is 3.16 bits per heavy atom. The summed E-state index contributed by atoms with van der Waals surface area (Å²) >= 11 is 1.34. The van der Waals surface area contributed by atoms with Crippen molar-refractivity contribution in [3.8, 4) is 0 Å². The highest BCUT2D eigenvalue weighted by atomic mass is 32.1. The first-order valence-electron chi connectivity index (χ1n) is 6.09. The van der Waals surface area contributed by atoms with Crippen LogP contribution in [0.25, 0.3) is 4.96 Å². The van der Waals surface area contributed by atoms with Gasteiger partial charge >= 0.3 is 0 Å². The molecule has 100 valence electrons. The van der Waals surface area contributed by atoms with Crippen LogP contribution in [0.5, 0.6) is 0 Å². The third-order valence-electron chi connectivity index (χ3n) is 3.26. The fraction of sp³-hybridized carbons (Fsp3) is 0.417. The molecule has 19 heavy (non-hydrogen) atoms. The number of nitrogens with zero attached hydrogens (tertiary/aromatic N) is 3. The molecule has 1 aliphatic heterocycles. The zero-order chi connectivity index (χ0) is 13.4. The zero-order valence-electron chi connectivity index (χ0n) is 10.2. The highest BCUT2D eigenvalue weighted by Crippen LogP contribution is 2.13. The van der Waals surface area contributed by atoms with Gasteiger partial charge in [0, 0.05) is 30.9 Å². The zero-order valence-corrected chi connectivity index (χ0v) is 11.0. The van der Waals surface area contributed by atoms with Crippen LogP contribution in [0.1, 0.15) is 23.2 Å². The average Bonchev–Trinajstić information content (AvgIpc) is 2.88. The number of rotatable bonds is 1. The van der Waals surface area contributed by atoms with E-state index in [1.807, 2.05) is 0 Å². The van der Waals surface area contributed by atoms with Gasteiger partial charge in [-0.05, 0) is 12.8 Å². The summed E-state index contributed by atoms with van der Waals surface area (Å²) in [6.07, 6.45) is 3.89. The van der Waals surface area contributed by atoms with Crippen molar-refractivity contribution in [2.75, 3.05) is 13.1 Å². The van der Waals surface area contributed by atoms with Gasteiger partial charge in [0.05, 0.1) is 6.10 Å². The molecule has 1 amide bonds. The van der Waals surface area contributed by atoms with Crippen LogP contribution in [0.4, 0.5) is 0 Å². The Balaban J connectivity index is 1.97. The first kappa shape index (κ1) is 12.3. The Morgan fingerprint density at radius 1 is 1.53 bits per heavy atom. The lowest BCUT2D eigenvalue weighted by molar-refractivity contribution is 0.0472. The minimum Gasteiger partial charge on any atom is -0.391 e. The summed E-state index contributed by atoms with van der Waals surface area (Å²) in [6, 6.07) is 0. The highest BCUT2D eigenvalue weighted by molar-refractivity contribution is 7.15. The number of aliphatic hydroxyl groups is 1. The number of amides is 1. The predicted molar refractivity (Wildman–Crippen MR) is 70.5 cm³/mol. The number of aromatic nitrogens is 2. The Labute approximate surface area is 112 Å². The molecule has 7 heteroatoms. The highest BCUT2D eigenvalue weighted by Gasteiger charge is 2.25. The third kappa shape index (κ3) is 2.15. The Hall–Kier alpha value is -1.73. The lowest BCUT2D eigenvalue weighted by Crippen LogP contribution is -2.44. The van der Waals surface area contributed by atoms with Gasteiger partial charge in [0.15, 0.2) is 4.96 Å². The molecule has 0 aliphatic carbocycles. The molecule has 1 aliphatic rings. The topological polar surface area (TPSA) is 74.9 Å². The fourth-order valence-corrected chi connectivity index (χ4v) is 2.96. The maximum absolute atomic E-state index is 12.3. The van der Waals surface area contributed by atoms with Crippen molar-refractivity contribution in [3.63, 3.8) is 0 Å². The van der Waals surface area contributed by atoms with E-state index in [1.54, 1.807) is 11.6 Å². The van der Waals surface area contributed by atoms with Gasteiger partial charge in [-0.25, -0.2) is 4.98 Å². The van der Waals surface area contributed by atoms with Crippen LogP contribution in [0, 0.1) is 0 Å². The van der Waals surface area contributed by atoms with Crippen LogP contribution in [-0.4, -0.2) is 44.5 Å². The second kappa shape index (κ2) is 4.75. The van der Waals surface area contributed by atoms with Gasteiger partial charge < -0.3 is 10.0 Å². The molecule has 2 aromatic heterocycles. The number of carbonyl (C=O) groups excluding carboxylic acids is 1. The van der Waals surface area contributed by atoms with Crippen molar-refractivity contribution in [3.05, 3.63) is 33.7 Å². The maximum atomic E-state index is 12.3. The number of carbonyl (C=O) groups is 1. The molecule has 0 spiro atoms. The first-order chi connectivity index (χ1) is 9.16. The summed E-state index contributed by atoms with van der Waals surface area (Å²) in [5, 5.41) is 11.3. The number of likely N-dealkylation sites (tertiary alicyclic amines) is 1. The fourth-order valence-electron chi connectivity index (χ4n) is 2.28. The second-order valence-electron chi connectivity index (χ2n) is 4.58. The molecule has 0 saturated carbocycles. The second-order valence-corrected chi connectivity index (χ2v) is 5.45. The van der Waals surface area contributed by atoms with E-state index in [0.29, 0.717) is 17.9 Å². The average molecular weight is 279 g/mol. The van der Waals surface area contributed by atoms with Crippen LogP contribution in [-0.2, 0) is 0 Å².